The molecule has 1 rings (SSSR count). The molecule has 1 aromatic rings. The average Bonchev–Trinajstić information content (AvgIpc) is 2.38. The fourth-order valence-corrected chi connectivity index (χ4v) is 1.48. The summed E-state index contributed by atoms with van der Waals surface area (Å²) in [5.41, 5.74) is 4.73. The Bertz CT molecular complexity index is 431. The molecule has 0 aliphatic rings. The van der Waals surface area contributed by atoms with E-state index in [9.17, 15) is 4.39 Å². The molecule has 0 amide bonds. The molecule has 2 N–H and O–H groups in total. The third-order valence-corrected chi connectivity index (χ3v) is 2.45. The quantitative estimate of drug-likeness (QED) is 0.842. The van der Waals surface area contributed by atoms with Crippen LogP contribution in [0.15, 0.2) is 18.2 Å². The minimum atomic E-state index is -1.53. The molecule has 0 fully saturated rings. The van der Waals surface area contributed by atoms with Crippen LogP contribution in [0.5, 0.6) is 11.5 Å². The topological polar surface area (TPSA) is 68.3 Å². The molecule has 1 unspecified atom stereocenters. The van der Waals surface area contributed by atoms with E-state index in [1.165, 1.54) is 14.2 Å². The van der Waals surface area contributed by atoms with E-state index in [1.807, 2.05) is 0 Å². The Labute approximate surface area is 99.7 Å². The van der Waals surface area contributed by atoms with E-state index in [4.69, 9.17) is 20.5 Å². The summed E-state index contributed by atoms with van der Waals surface area (Å²) in [5.74, 6) is 1.17. The van der Waals surface area contributed by atoms with Crippen LogP contribution in [-0.4, -0.2) is 26.4 Å². The summed E-state index contributed by atoms with van der Waals surface area (Å²) < 4.78 is 22.9. The second-order valence-corrected chi connectivity index (χ2v) is 3.76. The lowest BCUT2D eigenvalue weighted by atomic mass is 9.94. The van der Waals surface area contributed by atoms with Gasteiger partial charge in [-0.15, -0.1) is 0 Å². The van der Waals surface area contributed by atoms with E-state index < -0.39 is 12.2 Å². The van der Waals surface area contributed by atoms with Crippen molar-refractivity contribution in [2.75, 3.05) is 20.9 Å². The van der Waals surface area contributed by atoms with Gasteiger partial charge >= 0.3 is 0 Å². The third-order valence-electron chi connectivity index (χ3n) is 2.45. The molecule has 5 heteroatoms. The van der Waals surface area contributed by atoms with Crippen molar-refractivity contribution < 1.29 is 13.9 Å². The first-order valence-electron chi connectivity index (χ1n) is 5.05. The summed E-state index contributed by atoms with van der Waals surface area (Å²) in [7, 11) is 3.03. The molecule has 0 aliphatic carbocycles. The van der Waals surface area contributed by atoms with Crippen molar-refractivity contribution in [1.82, 2.24) is 0 Å². The predicted molar refractivity (Wildman–Crippen MR) is 61.8 cm³/mol. The molecule has 0 saturated carbocycles. The van der Waals surface area contributed by atoms with Crippen LogP contribution in [-0.2, 0) is 6.42 Å². The van der Waals surface area contributed by atoms with Gasteiger partial charge in [0, 0.05) is 12.0 Å². The Morgan fingerprint density at radius 2 is 2.12 bits per heavy atom. The Morgan fingerprint density at radius 3 is 2.59 bits per heavy atom. The molecule has 0 aliphatic heterocycles. The van der Waals surface area contributed by atoms with Crippen molar-refractivity contribution in [3.05, 3.63) is 23.8 Å². The van der Waals surface area contributed by atoms with Crippen LogP contribution >= 0.6 is 0 Å². The van der Waals surface area contributed by atoms with Gasteiger partial charge in [0.1, 0.15) is 23.7 Å². The van der Waals surface area contributed by atoms with Gasteiger partial charge in [-0.2, -0.15) is 5.26 Å². The Hall–Kier alpha value is -1.80. The van der Waals surface area contributed by atoms with Crippen LogP contribution in [0.3, 0.4) is 0 Å². The van der Waals surface area contributed by atoms with Gasteiger partial charge in [-0.3, -0.25) is 0 Å². The molecule has 0 bridgehead atoms. The average molecular weight is 238 g/mol. The lowest BCUT2D eigenvalue weighted by Gasteiger charge is -2.19. The van der Waals surface area contributed by atoms with E-state index >= 15 is 0 Å². The van der Waals surface area contributed by atoms with Crippen LogP contribution in [0.25, 0.3) is 0 Å². The van der Waals surface area contributed by atoms with Crippen LogP contribution in [0, 0.1) is 11.3 Å². The standard InChI is InChI=1S/C12H15FN2O2/c1-16-10-3-4-11(17-2)9(5-10)6-12(15,7-13)8-14/h3-5H,6-7,15H2,1-2H3. The van der Waals surface area contributed by atoms with Gasteiger partial charge in [0.05, 0.1) is 20.3 Å². The number of benzene rings is 1. The molecule has 17 heavy (non-hydrogen) atoms. The van der Waals surface area contributed by atoms with Crippen molar-refractivity contribution in [2.24, 2.45) is 5.73 Å². The van der Waals surface area contributed by atoms with Crippen molar-refractivity contribution in [1.29, 1.82) is 5.26 Å². The van der Waals surface area contributed by atoms with Gasteiger partial charge in [-0.05, 0) is 18.2 Å². The third kappa shape index (κ3) is 3.08. The lowest BCUT2D eigenvalue weighted by molar-refractivity contribution is 0.355. The maximum absolute atomic E-state index is 12.7. The maximum Gasteiger partial charge on any atom is 0.137 e. The van der Waals surface area contributed by atoms with Gasteiger partial charge in [0.15, 0.2) is 0 Å². The highest BCUT2D eigenvalue weighted by molar-refractivity contribution is 5.42. The summed E-state index contributed by atoms with van der Waals surface area (Å²) in [6.45, 7) is -0.913. The first-order valence-corrected chi connectivity index (χ1v) is 5.05. The largest absolute Gasteiger partial charge is 0.497 e. The first kappa shape index (κ1) is 13.3. The molecule has 1 aromatic carbocycles. The molecule has 92 valence electrons. The number of rotatable bonds is 5. The molecule has 0 heterocycles. The normalized spacial score (nSPS) is 13.6. The zero-order valence-corrected chi connectivity index (χ0v) is 9.87. The number of nitriles is 1. The molecule has 0 spiro atoms. The number of halogens is 1. The zero-order valence-electron chi connectivity index (χ0n) is 9.87. The van der Waals surface area contributed by atoms with E-state index in [0.29, 0.717) is 17.1 Å². The fraction of sp³-hybridized carbons (Fsp3) is 0.417. The van der Waals surface area contributed by atoms with Gasteiger partial charge in [0.25, 0.3) is 0 Å². The molecule has 4 nitrogen and oxygen atoms in total. The fourth-order valence-electron chi connectivity index (χ4n) is 1.48. The zero-order chi connectivity index (χ0) is 12.9. The monoisotopic (exact) mass is 238 g/mol. The molecule has 1 atom stereocenters. The second kappa shape index (κ2) is 5.51. The van der Waals surface area contributed by atoms with Crippen molar-refractivity contribution >= 4 is 0 Å². The summed E-state index contributed by atoms with van der Waals surface area (Å²) in [6, 6.07) is 6.88. The van der Waals surface area contributed by atoms with E-state index in [2.05, 4.69) is 0 Å². The Morgan fingerprint density at radius 1 is 1.41 bits per heavy atom. The maximum atomic E-state index is 12.7. The number of hydrogen-bond donors (Lipinski definition) is 1. The van der Waals surface area contributed by atoms with Crippen LogP contribution in [0.4, 0.5) is 4.39 Å². The van der Waals surface area contributed by atoms with Crippen molar-refractivity contribution in [3.8, 4) is 17.6 Å². The number of ether oxygens (including phenoxy) is 2. The summed E-state index contributed by atoms with van der Waals surface area (Å²) in [5, 5.41) is 8.85. The first-order chi connectivity index (χ1) is 8.08. The number of nitrogens with zero attached hydrogens (tertiary/aromatic N) is 1. The van der Waals surface area contributed by atoms with E-state index in [0.717, 1.165) is 0 Å². The van der Waals surface area contributed by atoms with Gasteiger partial charge in [-0.1, -0.05) is 0 Å². The minimum Gasteiger partial charge on any atom is -0.497 e. The molecular formula is C12H15FN2O2. The molecule has 0 aromatic heterocycles. The highest BCUT2D eigenvalue weighted by Gasteiger charge is 2.26. The number of alkyl halides is 1. The van der Waals surface area contributed by atoms with Crippen LogP contribution in [0.2, 0.25) is 0 Å². The van der Waals surface area contributed by atoms with Crippen LogP contribution in [0.1, 0.15) is 5.56 Å². The number of nitrogens with two attached hydrogens (primary N) is 1. The second-order valence-electron chi connectivity index (χ2n) is 3.76. The Kier molecular flexibility index (Phi) is 4.30. The summed E-state index contributed by atoms with van der Waals surface area (Å²) >= 11 is 0. The van der Waals surface area contributed by atoms with Gasteiger partial charge in [-0.25, -0.2) is 4.39 Å². The highest BCUT2D eigenvalue weighted by atomic mass is 19.1. The molecule has 0 saturated heterocycles. The summed E-state index contributed by atoms with van der Waals surface area (Å²) in [6.07, 6.45) is 0.0698. The highest BCUT2D eigenvalue weighted by Crippen LogP contribution is 2.26. The van der Waals surface area contributed by atoms with Crippen LogP contribution < -0.4 is 15.2 Å². The predicted octanol–water partition coefficient (Wildman–Crippen LogP) is 1.44. The lowest BCUT2D eigenvalue weighted by Crippen LogP contribution is -2.42. The Balaban J connectivity index is 3.07. The minimum absolute atomic E-state index is 0.0698. The number of hydrogen-bond acceptors (Lipinski definition) is 4. The summed E-state index contributed by atoms with van der Waals surface area (Å²) in [4.78, 5) is 0. The smallest absolute Gasteiger partial charge is 0.137 e. The van der Waals surface area contributed by atoms with E-state index in [1.54, 1.807) is 24.3 Å². The SMILES string of the molecule is COc1ccc(OC)c(CC(N)(C#N)CF)c1. The van der Waals surface area contributed by atoms with Crippen molar-refractivity contribution in [3.63, 3.8) is 0 Å². The molecular weight excluding hydrogens is 223 g/mol. The number of methoxy groups -OCH3 is 2. The van der Waals surface area contributed by atoms with Crippen molar-refractivity contribution in [2.45, 2.75) is 12.0 Å². The van der Waals surface area contributed by atoms with Gasteiger partial charge in [0.2, 0.25) is 0 Å². The van der Waals surface area contributed by atoms with E-state index in [-0.39, 0.29) is 6.42 Å². The van der Waals surface area contributed by atoms with Gasteiger partial charge < -0.3 is 15.2 Å². The molecule has 0 radical (unpaired) electrons.